The van der Waals surface area contributed by atoms with E-state index in [4.69, 9.17) is 0 Å². The van der Waals surface area contributed by atoms with Gasteiger partial charge in [-0.25, -0.2) is 4.98 Å². The van der Waals surface area contributed by atoms with Gasteiger partial charge in [0, 0.05) is 10.9 Å². The third-order valence-corrected chi connectivity index (χ3v) is 3.61. The molecule has 16 heavy (non-hydrogen) atoms. The number of amides is 1. The Labute approximate surface area is 109 Å². The van der Waals surface area contributed by atoms with Gasteiger partial charge in [0.1, 0.15) is 4.88 Å². The normalized spacial score (nSPS) is 14.6. The van der Waals surface area contributed by atoms with Crippen molar-refractivity contribution in [2.45, 2.75) is 45.0 Å². The van der Waals surface area contributed by atoms with E-state index in [9.17, 15) is 4.79 Å². The summed E-state index contributed by atoms with van der Waals surface area (Å²) in [5.41, 5.74) is 0.819. The van der Waals surface area contributed by atoms with Crippen LogP contribution >= 0.6 is 27.3 Å². The zero-order valence-corrected chi connectivity index (χ0v) is 12.4. The van der Waals surface area contributed by atoms with E-state index in [0.29, 0.717) is 4.83 Å². The van der Waals surface area contributed by atoms with Crippen molar-refractivity contribution < 1.29 is 4.79 Å². The summed E-state index contributed by atoms with van der Waals surface area (Å²) in [6.07, 6.45) is 0.919. The number of aromatic nitrogens is 1. The minimum atomic E-state index is -0.0104. The Morgan fingerprint density at radius 3 is 2.56 bits per heavy atom. The molecule has 0 spiro atoms. The summed E-state index contributed by atoms with van der Waals surface area (Å²) in [5.74, 6) is -0.0104. The molecule has 1 amide bonds. The van der Waals surface area contributed by atoms with Crippen LogP contribution in [0.2, 0.25) is 0 Å². The van der Waals surface area contributed by atoms with E-state index in [1.165, 1.54) is 11.3 Å². The van der Waals surface area contributed by atoms with Crippen molar-refractivity contribution >= 4 is 33.2 Å². The quantitative estimate of drug-likeness (QED) is 0.869. The number of thiazole rings is 1. The van der Waals surface area contributed by atoms with Crippen LogP contribution < -0.4 is 5.32 Å². The van der Waals surface area contributed by atoms with Crippen LogP contribution in [-0.4, -0.2) is 21.8 Å². The summed E-state index contributed by atoms with van der Waals surface area (Å²) >= 11 is 4.93. The second kappa shape index (κ2) is 5.77. The number of halogens is 1. The van der Waals surface area contributed by atoms with Crippen LogP contribution in [0.1, 0.15) is 40.6 Å². The topological polar surface area (TPSA) is 42.0 Å². The lowest BCUT2D eigenvalue weighted by atomic mass is 10.2. The maximum absolute atomic E-state index is 11.9. The van der Waals surface area contributed by atoms with Crippen LogP contribution in [0.5, 0.6) is 0 Å². The SMILES string of the molecule is Cc1nc(C)c(C(=O)NC(C)CC(C)Br)s1. The van der Waals surface area contributed by atoms with Crippen molar-refractivity contribution in [2.75, 3.05) is 0 Å². The van der Waals surface area contributed by atoms with E-state index in [0.717, 1.165) is 22.0 Å². The number of rotatable bonds is 4. The smallest absolute Gasteiger partial charge is 0.263 e. The number of aryl methyl sites for hydroxylation is 2. The summed E-state index contributed by atoms with van der Waals surface area (Å²) < 4.78 is 0. The van der Waals surface area contributed by atoms with Crippen LogP contribution in [0.15, 0.2) is 0 Å². The number of hydrogen-bond donors (Lipinski definition) is 1. The molecule has 1 aromatic rings. The number of nitrogens with one attached hydrogen (secondary N) is 1. The molecular formula is C11H17BrN2OS. The molecule has 5 heteroatoms. The Balaban J connectivity index is 2.62. The molecular weight excluding hydrogens is 288 g/mol. The molecule has 0 aliphatic heterocycles. The van der Waals surface area contributed by atoms with Crippen LogP contribution in [0, 0.1) is 13.8 Å². The molecule has 0 fully saturated rings. The van der Waals surface area contributed by atoms with Gasteiger partial charge >= 0.3 is 0 Å². The number of hydrogen-bond acceptors (Lipinski definition) is 3. The molecule has 0 aliphatic carbocycles. The van der Waals surface area contributed by atoms with Crippen molar-refractivity contribution in [1.82, 2.24) is 10.3 Å². The van der Waals surface area contributed by atoms with Crippen molar-refractivity contribution in [2.24, 2.45) is 0 Å². The molecule has 3 nitrogen and oxygen atoms in total. The van der Waals surface area contributed by atoms with Gasteiger partial charge in [-0.05, 0) is 27.2 Å². The third kappa shape index (κ3) is 3.87. The van der Waals surface area contributed by atoms with Crippen molar-refractivity contribution in [3.63, 3.8) is 0 Å². The Kier molecular flexibility index (Phi) is 4.92. The summed E-state index contributed by atoms with van der Waals surface area (Å²) in [6.45, 7) is 7.87. The van der Waals surface area contributed by atoms with E-state index >= 15 is 0 Å². The minimum absolute atomic E-state index is 0.0104. The van der Waals surface area contributed by atoms with E-state index in [1.54, 1.807) is 0 Å². The molecule has 90 valence electrons. The zero-order chi connectivity index (χ0) is 12.3. The fraction of sp³-hybridized carbons (Fsp3) is 0.636. The lowest BCUT2D eigenvalue weighted by Crippen LogP contribution is -2.33. The Hall–Kier alpha value is -0.420. The Morgan fingerprint density at radius 1 is 1.50 bits per heavy atom. The van der Waals surface area contributed by atoms with Gasteiger partial charge in [0.15, 0.2) is 0 Å². The van der Waals surface area contributed by atoms with Gasteiger partial charge in [0.2, 0.25) is 0 Å². The first-order valence-corrected chi connectivity index (χ1v) is 7.02. The summed E-state index contributed by atoms with van der Waals surface area (Å²) in [5, 5.41) is 3.92. The molecule has 0 aliphatic rings. The highest BCUT2D eigenvalue weighted by atomic mass is 79.9. The fourth-order valence-corrected chi connectivity index (χ4v) is 2.96. The fourth-order valence-electron chi connectivity index (χ4n) is 1.58. The van der Waals surface area contributed by atoms with Gasteiger partial charge in [-0.15, -0.1) is 11.3 Å². The van der Waals surface area contributed by atoms with E-state index < -0.39 is 0 Å². The Bertz CT molecular complexity index is 376. The largest absolute Gasteiger partial charge is 0.349 e. The molecule has 0 saturated carbocycles. The molecule has 0 aromatic carbocycles. The Morgan fingerprint density at radius 2 is 2.12 bits per heavy atom. The lowest BCUT2D eigenvalue weighted by molar-refractivity contribution is 0.0942. The molecule has 0 bridgehead atoms. The molecule has 1 rings (SSSR count). The molecule has 1 heterocycles. The average molecular weight is 305 g/mol. The molecule has 0 radical (unpaired) electrons. The van der Waals surface area contributed by atoms with E-state index in [2.05, 4.69) is 33.2 Å². The second-order valence-corrected chi connectivity index (χ2v) is 6.80. The number of alkyl halides is 1. The monoisotopic (exact) mass is 304 g/mol. The van der Waals surface area contributed by atoms with Gasteiger partial charge in [-0.1, -0.05) is 22.9 Å². The highest BCUT2D eigenvalue weighted by molar-refractivity contribution is 9.09. The first kappa shape index (κ1) is 13.6. The molecule has 2 unspecified atom stereocenters. The van der Waals surface area contributed by atoms with E-state index in [-0.39, 0.29) is 11.9 Å². The van der Waals surface area contributed by atoms with Crippen LogP contribution in [-0.2, 0) is 0 Å². The van der Waals surface area contributed by atoms with Crippen LogP contribution in [0.3, 0.4) is 0 Å². The zero-order valence-electron chi connectivity index (χ0n) is 10.0. The summed E-state index contributed by atoms with van der Waals surface area (Å²) in [6, 6.07) is 0.170. The van der Waals surface area contributed by atoms with Crippen molar-refractivity contribution in [3.05, 3.63) is 15.6 Å². The predicted molar refractivity (Wildman–Crippen MR) is 71.5 cm³/mol. The van der Waals surface area contributed by atoms with Crippen LogP contribution in [0.25, 0.3) is 0 Å². The highest BCUT2D eigenvalue weighted by Crippen LogP contribution is 2.17. The highest BCUT2D eigenvalue weighted by Gasteiger charge is 2.16. The maximum Gasteiger partial charge on any atom is 0.263 e. The molecule has 2 atom stereocenters. The van der Waals surface area contributed by atoms with Crippen molar-refractivity contribution in [1.29, 1.82) is 0 Å². The lowest BCUT2D eigenvalue weighted by Gasteiger charge is -2.14. The predicted octanol–water partition coefficient (Wildman–Crippen LogP) is 3.05. The summed E-state index contributed by atoms with van der Waals surface area (Å²) in [7, 11) is 0. The van der Waals surface area contributed by atoms with Gasteiger partial charge < -0.3 is 5.32 Å². The van der Waals surface area contributed by atoms with Gasteiger partial charge in [0.25, 0.3) is 5.91 Å². The van der Waals surface area contributed by atoms with Gasteiger partial charge in [-0.2, -0.15) is 0 Å². The first-order valence-electron chi connectivity index (χ1n) is 5.29. The third-order valence-electron chi connectivity index (χ3n) is 2.17. The molecule has 1 aromatic heterocycles. The molecule has 0 saturated heterocycles. The maximum atomic E-state index is 11.9. The van der Waals surface area contributed by atoms with Crippen LogP contribution in [0.4, 0.5) is 0 Å². The summed E-state index contributed by atoms with van der Waals surface area (Å²) in [4.78, 5) is 17.3. The average Bonchev–Trinajstić information content (AvgIpc) is 2.43. The minimum Gasteiger partial charge on any atom is -0.349 e. The first-order chi connectivity index (χ1) is 7.40. The number of carbonyl (C=O) groups excluding carboxylic acids is 1. The second-order valence-electron chi connectivity index (χ2n) is 4.04. The standard InChI is InChI=1S/C11H17BrN2OS/c1-6(12)5-7(2)13-11(15)10-8(3)14-9(4)16-10/h6-7H,5H2,1-4H3,(H,13,15). The van der Waals surface area contributed by atoms with Gasteiger partial charge in [0.05, 0.1) is 10.7 Å². The number of carbonyl (C=O) groups is 1. The van der Waals surface area contributed by atoms with Crippen molar-refractivity contribution in [3.8, 4) is 0 Å². The molecule has 1 N–H and O–H groups in total. The number of nitrogens with zero attached hydrogens (tertiary/aromatic N) is 1. The van der Waals surface area contributed by atoms with Gasteiger partial charge in [-0.3, -0.25) is 4.79 Å². The van der Waals surface area contributed by atoms with E-state index in [1.807, 2.05) is 20.8 Å².